The summed E-state index contributed by atoms with van der Waals surface area (Å²) in [5.41, 5.74) is 2.79. The van der Waals surface area contributed by atoms with Gasteiger partial charge in [-0.25, -0.2) is 4.98 Å². The summed E-state index contributed by atoms with van der Waals surface area (Å²) in [4.78, 5) is 31.7. The molecule has 1 aromatic heterocycles. The quantitative estimate of drug-likeness (QED) is 0.597. The van der Waals surface area contributed by atoms with Crippen LogP contribution in [0.2, 0.25) is 0 Å². The number of aromatic nitrogens is 2. The number of hydrogen-bond acceptors (Lipinski definition) is 4. The van der Waals surface area contributed by atoms with E-state index in [2.05, 4.69) is 74.2 Å². The molecule has 3 rings (SSSR count). The Kier molecular flexibility index (Phi) is 6.91. The van der Waals surface area contributed by atoms with Crippen LogP contribution in [0.25, 0.3) is 10.9 Å². The highest BCUT2D eigenvalue weighted by Crippen LogP contribution is 2.26. The van der Waals surface area contributed by atoms with Crippen LogP contribution in [0.15, 0.2) is 53.3 Å². The fraction of sp³-hybridized carbons (Fsp3) is 0.400. The number of fused-ring (bicyclic) bond motifs is 1. The third-order valence-corrected chi connectivity index (χ3v) is 5.25. The number of para-hydroxylation sites is 1. The number of nitrogens with zero attached hydrogens (tertiary/aromatic N) is 1. The van der Waals surface area contributed by atoms with Crippen LogP contribution in [0.4, 0.5) is 0 Å². The maximum atomic E-state index is 12.5. The fourth-order valence-electron chi connectivity index (χ4n) is 3.48. The largest absolute Gasteiger partial charge is 0.364 e. The summed E-state index contributed by atoms with van der Waals surface area (Å²) in [7, 11) is 0. The van der Waals surface area contributed by atoms with Crippen molar-refractivity contribution in [2.75, 3.05) is 6.61 Å². The predicted molar refractivity (Wildman–Crippen MR) is 123 cm³/mol. The third-order valence-electron chi connectivity index (χ3n) is 5.25. The lowest BCUT2D eigenvalue weighted by Gasteiger charge is -2.25. The number of carbonyl (C=O) groups is 1. The minimum absolute atomic E-state index is 0.0557. The number of H-pyrrole nitrogens is 1. The van der Waals surface area contributed by atoms with Crippen molar-refractivity contribution in [2.24, 2.45) is 5.92 Å². The highest BCUT2D eigenvalue weighted by molar-refractivity contribution is 5.78. The summed E-state index contributed by atoms with van der Waals surface area (Å²) in [6, 6.07) is 15.4. The molecule has 0 aliphatic carbocycles. The third kappa shape index (κ3) is 5.79. The first kappa shape index (κ1) is 22.7. The van der Waals surface area contributed by atoms with Crippen LogP contribution in [-0.2, 0) is 21.6 Å². The molecule has 31 heavy (non-hydrogen) atoms. The summed E-state index contributed by atoms with van der Waals surface area (Å²) >= 11 is 0. The Balaban J connectivity index is 1.60. The zero-order valence-electron chi connectivity index (χ0n) is 18.9. The summed E-state index contributed by atoms with van der Waals surface area (Å²) < 4.78 is 5.52. The lowest BCUT2D eigenvalue weighted by Crippen LogP contribution is -2.34. The van der Waals surface area contributed by atoms with Gasteiger partial charge in [0.1, 0.15) is 19.0 Å². The Morgan fingerprint density at radius 3 is 2.42 bits per heavy atom. The molecular formula is C25H31N3O3. The highest BCUT2D eigenvalue weighted by atomic mass is 16.5. The normalized spacial score (nSPS) is 12.8. The van der Waals surface area contributed by atoms with Gasteiger partial charge < -0.3 is 15.0 Å². The second-order valence-corrected chi connectivity index (χ2v) is 9.18. The first-order chi connectivity index (χ1) is 14.6. The lowest BCUT2D eigenvalue weighted by molar-refractivity contribution is -0.127. The molecule has 1 atom stereocenters. The highest BCUT2D eigenvalue weighted by Gasteiger charge is 2.20. The van der Waals surface area contributed by atoms with Crippen LogP contribution < -0.4 is 10.9 Å². The van der Waals surface area contributed by atoms with Crippen molar-refractivity contribution in [2.45, 2.75) is 52.7 Å². The number of ether oxygens (including phenoxy) is 1. The smallest absolute Gasteiger partial charge is 0.258 e. The minimum atomic E-state index is -0.216. The van der Waals surface area contributed by atoms with Crippen LogP contribution in [-0.4, -0.2) is 22.5 Å². The van der Waals surface area contributed by atoms with Crippen molar-refractivity contribution in [3.63, 3.8) is 0 Å². The second kappa shape index (κ2) is 9.43. The van der Waals surface area contributed by atoms with E-state index in [-0.39, 0.29) is 42.1 Å². The number of hydrogen-bond donors (Lipinski definition) is 2. The SMILES string of the molecule is CC(C)C(NC(=O)COCc1nc2ccccc2c(=O)[nH]1)c1ccc(C(C)(C)C)cc1. The van der Waals surface area contributed by atoms with Crippen molar-refractivity contribution >= 4 is 16.8 Å². The zero-order chi connectivity index (χ0) is 22.6. The number of nitrogens with one attached hydrogen (secondary N) is 2. The van der Waals surface area contributed by atoms with Crippen molar-refractivity contribution < 1.29 is 9.53 Å². The van der Waals surface area contributed by atoms with E-state index >= 15 is 0 Å². The maximum Gasteiger partial charge on any atom is 0.258 e. The van der Waals surface area contributed by atoms with Gasteiger partial charge in [-0.3, -0.25) is 9.59 Å². The van der Waals surface area contributed by atoms with Gasteiger partial charge in [0.05, 0.1) is 16.9 Å². The van der Waals surface area contributed by atoms with Gasteiger partial charge in [-0.15, -0.1) is 0 Å². The lowest BCUT2D eigenvalue weighted by atomic mass is 9.85. The first-order valence-corrected chi connectivity index (χ1v) is 10.6. The molecule has 2 N–H and O–H groups in total. The first-order valence-electron chi connectivity index (χ1n) is 10.6. The maximum absolute atomic E-state index is 12.5. The van der Waals surface area contributed by atoms with E-state index in [9.17, 15) is 9.59 Å². The Bertz CT molecular complexity index is 1100. The summed E-state index contributed by atoms with van der Waals surface area (Å²) in [6.45, 7) is 10.6. The number of carbonyl (C=O) groups excluding carboxylic acids is 1. The number of aromatic amines is 1. The molecule has 0 fully saturated rings. The summed E-state index contributed by atoms with van der Waals surface area (Å²) in [5.74, 6) is 0.416. The predicted octanol–water partition coefficient (Wildman–Crippen LogP) is 4.25. The van der Waals surface area contributed by atoms with Crippen LogP contribution >= 0.6 is 0 Å². The molecule has 6 heteroatoms. The molecule has 0 saturated carbocycles. The Labute approximate surface area is 183 Å². The van der Waals surface area contributed by atoms with Gasteiger partial charge >= 0.3 is 0 Å². The molecule has 0 radical (unpaired) electrons. The van der Waals surface area contributed by atoms with E-state index in [0.717, 1.165) is 5.56 Å². The number of rotatable bonds is 7. The van der Waals surface area contributed by atoms with Gasteiger partial charge in [0.2, 0.25) is 5.91 Å². The topological polar surface area (TPSA) is 84.1 Å². The van der Waals surface area contributed by atoms with Crippen molar-refractivity contribution in [1.82, 2.24) is 15.3 Å². The molecule has 1 amide bonds. The van der Waals surface area contributed by atoms with Gasteiger partial charge in [-0.1, -0.05) is 71.0 Å². The van der Waals surface area contributed by atoms with E-state index in [1.165, 1.54) is 5.56 Å². The molecule has 2 aromatic carbocycles. The molecule has 0 saturated heterocycles. The monoisotopic (exact) mass is 421 g/mol. The van der Waals surface area contributed by atoms with Crippen molar-refractivity contribution in [3.05, 3.63) is 75.8 Å². The van der Waals surface area contributed by atoms with Crippen LogP contribution in [0.1, 0.15) is 57.6 Å². The van der Waals surface area contributed by atoms with Gasteiger partial charge in [0.25, 0.3) is 5.56 Å². The van der Waals surface area contributed by atoms with Crippen molar-refractivity contribution in [1.29, 1.82) is 0 Å². The Morgan fingerprint density at radius 2 is 1.77 bits per heavy atom. The molecular weight excluding hydrogens is 390 g/mol. The summed E-state index contributed by atoms with van der Waals surface area (Å²) in [6.07, 6.45) is 0. The van der Waals surface area contributed by atoms with Crippen LogP contribution in [0, 0.1) is 5.92 Å². The van der Waals surface area contributed by atoms with E-state index in [4.69, 9.17) is 4.74 Å². The Morgan fingerprint density at radius 1 is 1.10 bits per heavy atom. The van der Waals surface area contributed by atoms with E-state index < -0.39 is 0 Å². The fourth-order valence-corrected chi connectivity index (χ4v) is 3.48. The second-order valence-electron chi connectivity index (χ2n) is 9.18. The average molecular weight is 422 g/mol. The molecule has 0 bridgehead atoms. The van der Waals surface area contributed by atoms with Crippen LogP contribution in [0.3, 0.4) is 0 Å². The molecule has 1 unspecified atom stereocenters. The molecule has 0 aliphatic heterocycles. The van der Waals surface area contributed by atoms with Gasteiger partial charge in [-0.05, 0) is 34.6 Å². The standard InChI is InChI=1S/C25H31N3O3/c1-16(2)23(17-10-12-18(13-11-17)25(3,4)5)28-22(29)15-31-14-21-26-20-9-7-6-8-19(20)24(30)27-21/h6-13,16,23H,14-15H2,1-5H3,(H,28,29)(H,26,27,30). The van der Waals surface area contributed by atoms with E-state index in [1.54, 1.807) is 18.2 Å². The van der Waals surface area contributed by atoms with E-state index in [0.29, 0.717) is 16.7 Å². The molecule has 1 heterocycles. The van der Waals surface area contributed by atoms with Crippen LogP contribution in [0.5, 0.6) is 0 Å². The minimum Gasteiger partial charge on any atom is -0.364 e. The molecule has 6 nitrogen and oxygen atoms in total. The molecule has 3 aromatic rings. The van der Waals surface area contributed by atoms with Crippen molar-refractivity contribution in [3.8, 4) is 0 Å². The zero-order valence-corrected chi connectivity index (χ0v) is 18.9. The molecule has 0 spiro atoms. The van der Waals surface area contributed by atoms with E-state index in [1.807, 2.05) is 6.07 Å². The number of amides is 1. The average Bonchev–Trinajstić information content (AvgIpc) is 2.71. The molecule has 164 valence electrons. The summed E-state index contributed by atoms with van der Waals surface area (Å²) in [5, 5.41) is 3.59. The van der Waals surface area contributed by atoms with Gasteiger partial charge in [0.15, 0.2) is 0 Å². The number of benzene rings is 2. The van der Waals surface area contributed by atoms with Gasteiger partial charge in [0, 0.05) is 0 Å². The van der Waals surface area contributed by atoms with Gasteiger partial charge in [-0.2, -0.15) is 0 Å². The molecule has 0 aliphatic rings. The Hall–Kier alpha value is -2.99.